The number of aromatic nitrogens is 1. The average molecular weight is 446 g/mol. The van der Waals surface area contributed by atoms with Gasteiger partial charge in [-0.05, 0) is 24.3 Å². The van der Waals surface area contributed by atoms with Gasteiger partial charge >= 0.3 is 5.63 Å². The Morgan fingerprint density at radius 2 is 2.16 bits per heavy atom. The Morgan fingerprint density at radius 3 is 2.91 bits per heavy atom. The van der Waals surface area contributed by atoms with Gasteiger partial charge in [-0.2, -0.15) is 5.26 Å². The number of nitrogens with one attached hydrogen (secondary N) is 1. The van der Waals surface area contributed by atoms with Crippen molar-refractivity contribution in [3.63, 3.8) is 0 Å². The van der Waals surface area contributed by atoms with E-state index >= 15 is 0 Å². The number of ether oxygens (including phenoxy) is 1. The molecule has 0 aliphatic heterocycles. The van der Waals surface area contributed by atoms with Gasteiger partial charge in [0, 0.05) is 40.9 Å². The van der Waals surface area contributed by atoms with Gasteiger partial charge in [0.1, 0.15) is 28.0 Å². The van der Waals surface area contributed by atoms with Crippen molar-refractivity contribution in [3.05, 3.63) is 85.7 Å². The molecule has 2 aromatic heterocycles. The normalized spacial score (nSPS) is 11.2. The molecule has 9 nitrogen and oxygen atoms in total. The van der Waals surface area contributed by atoms with Gasteiger partial charge in [0.25, 0.3) is 5.69 Å². The van der Waals surface area contributed by atoms with Gasteiger partial charge in [-0.1, -0.05) is 6.07 Å². The average Bonchev–Trinajstić information content (AvgIpc) is 3.28. The summed E-state index contributed by atoms with van der Waals surface area (Å²) in [4.78, 5) is 27.3. The maximum Gasteiger partial charge on any atom is 0.345 e. The third kappa shape index (κ3) is 4.19. The molecule has 0 unspecified atom stereocenters. The van der Waals surface area contributed by atoms with Crippen molar-refractivity contribution in [2.45, 2.75) is 0 Å². The van der Waals surface area contributed by atoms with Crippen molar-refractivity contribution in [1.29, 1.82) is 5.26 Å². The third-order valence-corrected chi connectivity index (χ3v) is 5.39. The first-order chi connectivity index (χ1) is 15.5. The van der Waals surface area contributed by atoms with E-state index in [-0.39, 0.29) is 22.4 Å². The lowest BCUT2D eigenvalue weighted by atomic mass is 10.1. The first-order valence-electron chi connectivity index (χ1n) is 9.18. The summed E-state index contributed by atoms with van der Waals surface area (Å²) in [7, 11) is 1.56. The van der Waals surface area contributed by atoms with E-state index in [1.807, 2.05) is 12.1 Å². The molecule has 2 heterocycles. The number of anilines is 1. The number of benzene rings is 2. The van der Waals surface area contributed by atoms with E-state index in [4.69, 9.17) is 9.15 Å². The Balaban J connectivity index is 1.66. The number of nitrogens with zero attached hydrogens (tertiary/aromatic N) is 3. The highest BCUT2D eigenvalue weighted by atomic mass is 32.1. The minimum absolute atomic E-state index is 0.116. The number of fused-ring (bicyclic) bond motifs is 1. The predicted molar refractivity (Wildman–Crippen MR) is 120 cm³/mol. The molecule has 0 aliphatic carbocycles. The number of rotatable bonds is 6. The van der Waals surface area contributed by atoms with Gasteiger partial charge in [0.2, 0.25) is 0 Å². The Kier molecular flexibility index (Phi) is 5.65. The molecule has 0 fully saturated rings. The molecule has 2 aromatic carbocycles. The number of nitriles is 1. The van der Waals surface area contributed by atoms with E-state index in [0.29, 0.717) is 21.8 Å². The van der Waals surface area contributed by atoms with Crippen LogP contribution in [0.2, 0.25) is 0 Å². The zero-order valence-corrected chi connectivity index (χ0v) is 17.4. The molecule has 10 heteroatoms. The van der Waals surface area contributed by atoms with Crippen LogP contribution < -0.4 is 15.7 Å². The summed E-state index contributed by atoms with van der Waals surface area (Å²) in [6.45, 7) is 0. The summed E-state index contributed by atoms with van der Waals surface area (Å²) in [6.07, 6.45) is 1.52. The number of hydrogen-bond donors (Lipinski definition) is 1. The van der Waals surface area contributed by atoms with Crippen molar-refractivity contribution in [2.24, 2.45) is 0 Å². The molecule has 0 amide bonds. The highest BCUT2D eigenvalue weighted by Gasteiger charge is 2.15. The van der Waals surface area contributed by atoms with Gasteiger partial charge in [-0.3, -0.25) is 10.1 Å². The zero-order valence-electron chi connectivity index (χ0n) is 16.6. The lowest BCUT2D eigenvalue weighted by Crippen LogP contribution is -2.03. The largest absolute Gasteiger partial charge is 0.497 e. The summed E-state index contributed by atoms with van der Waals surface area (Å²) < 4.78 is 10.5. The maximum absolute atomic E-state index is 12.4. The van der Waals surface area contributed by atoms with Crippen molar-refractivity contribution in [2.75, 3.05) is 12.4 Å². The molecule has 0 saturated heterocycles. The fourth-order valence-electron chi connectivity index (χ4n) is 2.93. The number of nitro groups is 1. The van der Waals surface area contributed by atoms with Gasteiger partial charge in [0.15, 0.2) is 0 Å². The standard InChI is InChI=1S/C22H14N4O5S/c1-30-17-4-2-3-15(9-17)24-11-14(10-23)21-25-19(12-32-21)18-8-13-7-16(26(28)29)5-6-20(13)31-22(18)27/h2-9,11-12,24H,1H3. The van der Waals surface area contributed by atoms with Crippen LogP contribution in [-0.4, -0.2) is 17.0 Å². The topological polar surface area (TPSA) is 131 Å². The number of nitro benzene ring substituents is 1. The second-order valence-corrected chi connectivity index (χ2v) is 7.37. The summed E-state index contributed by atoms with van der Waals surface area (Å²) in [5.41, 5.74) is 0.957. The van der Waals surface area contributed by atoms with Crippen molar-refractivity contribution in [1.82, 2.24) is 4.98 Å². The summed E-state index contributed by atoms with van der Waals surface area (Å²) >= 11 is 1.19. The molecule has 4 rings (SSSR count). The molecular weight excluding hydrogens is 432 g/mol. The lowest BCUT2D eigenvalue weighted by Gasteiger charge is -2.04. The first-order valence-corrected chi connectivity index (χ1v) is 10.1. The van der Waals surface area contributed by atoms with Gasteiger partial charge in [-0.25, -0.2) is 9.78 Å². The highest BCUT2D eigenvalue weighted by molar-refractivity contribution is 7.11. The van der Waals surface area contributed by atoms with Crippen LogP contribution in [0.15, 0.2) is 69.3 Å². The molecule has 4 aromatic rings. The van der Waals surface area contributed by atoms with Crippen LogP contribution in [0.3, 0.4) is 0 Å². The van der Waals surface area contributed by atoms with Crippen LogP contribution in [0.4, 0.5) is 11.4 Å². The lowest BCUT2D eigenvalue weighted by molar-refractivity contribution is -0.384. The Hall–Kier alpha value is -4.49. The summed E-state index contributed by atoms with van der Waals surface area (Å²) in [6, 6.07) is 14.8. The Morgan fingerprint density at radius 1 is 1.31 bits per heavy atom. The quantitative estimate of drug-likeness (QED) is 0.193. The predicted octanol–water partition coefficient (Wildman–Crippen LogP) is 4.81. The third-order valence-electron chi connectivity index (χ3n) is 4.51. The van der Waals surface area contributed by atoms with E-state index < -0.39 is 10.5 Å². The van der Waals surface area contributed by atoms with E-state index in [1.54, 1.807) is 24.6 Å². The van der Waals surface area contributed by atoms with Crippen molar-refractivity contribution in [3.8, 4) is 23.1 Å². The van der Waals surface area contributed by atoms with Crippen LogP contribution in [-0.2, 0) is 0 Å². The molecule has 32 heavy (non-hydrogen) atoms. The number of methoxy groups -OCH3 is 1. The Bertz CT molecular complexity index is 1470. The maximum atomic E-state index is 12.4. The SMILES string of the molecule is COc1cccc(NC=C(C#N)c2nc(-c3cc4cc([N+](=O)[O-])ccc4oc3=O)cs2)c1. The molecule has 0 bridgehead atoms. The van der Waals surface area contributed by atoms with E-state index in [1.165, 1.54) is 41.8 Å². The van der Waals surface area contributed by atoms with E-state index in [2.05, 4.69) is 16.4 Å². The summed E-state index contributed by atoms with van der Waals surface area (Å²) in [5.74, 6) is 0.668. The molecular formula is C22H14N4O5S. The molecule has 0 radical (unpaired) electrons. The molecule has 0 atom stereocenters. The zero-order chi connectivity index (χ0) is 22.7. The number of hydrogen-bond acceptors (Lipinski definition) is 9. The van der Waals surface area contributed by atoms with E-state index in [0.717, 1.165) is 5.69 Å². The molecule has 0 spiro atoms. The fraction of sp³-hybridized carbons (Fsp3) is 0.0455. The van der Waals surface area contributed by atoms with Crippen LogP contribution >= 0.6 is 11.3 Å². The number of thiazole rings is 1. The second-order valence-electron chi connectivity index (χ2n) is 6.51. The molecule has 158 valence electrons. The molecule has 1 N–H and O–H groups in total. The molecule has 0 saturated carbocycles. The smallest absolute Gasteiger partial charge is 0.345 e. The van der Waals surface area contributed by atoms with Crippen LogP contribution in [0.25, 0.3) is 27.8 Å². The number of allylic oxidation sites excluding steroid dienone is 1. The minimum Gasteiger partial charge on any atom is -0.497 e. The highest BCUT2D eigenvalue weighted by Crippen LogP contribution is 2.28. The number of non-ortho nitro benzene ring substituents is 1. The first kappa shape index (κ1) is 20.8. The second kappa shape index (κ2) is 8.71. The van der Waals surface area contributed by atoms with Gasteiger partial charge < -0.3 is 14.5 Å². The fourth-order valence-corrected chi connectivity index (χ4v) is 3.72. The van der Waals surface area contributed by atoms with Crippen LogP contribution in [0, 0.1) is 21.4 Å². The monoisotopic (exact) mass is 446 g/mol. The van der Waals surface area contributed by atoms with Crippen LogP contribution in [0.5, 0.6) is 5.75 Å². The summed E-state index contributed by atoms with van der Waals surface area (Å²) in [5, 5.41) is 26.0. The van der Waals surface area contributed by atoms with Gasteiger partial charge in [-0.15, -0.1) is 11.3 Å². The van der Waals surface area contributed by atoms with Crippen molar-refractivity contribution < 1.29 is 14.1 Å². The van der Waals surface area contributed by atoms with Crippen LogP contribution in [0.1, 0.15) is 5.01 Å². The van der Waals surface area contributed by atoms with Crippen molar-refractivity contribution >= 4 is 39.3 Å². The van der Waals surface area contributed by atoms with E-state index in [9.17, 15) is 20.2 Å². The molecule has 0 aliphatic rings. The minimum atomic E-state index is -0.625. The van der Waals surface area contributed by atoms with Gasteiger partial charge in [0.05, 0.1) is 23.3 Å². The Labute approximate surface area is 185 Å².